The van der Waals surface area contributed by atoms with Crippen molar-refractivity contribution >= 4 is 34.4 Å². The van der Waals surface area contributed by atoms with E-state index >= 15 is 0 Å². The van der Waals surface area contributed by atoms with Crippen LogP contribution in [0.2, 0.25) is 5.02 Å². The molecular formula is C12H10ClN3O2. The molecule has 18 heavy (non-hydrogen) atoms. The standard InChI is InChI=1S/C12H10ClN3O2/c13-8-3-1-2-7-6(5-14-10(7)8)4-9-11(17)16-12(18)15-9/h1-3,5,9,14H,4H2,(H2,15,16,17,18)/t9-/m1/s1. The van der Waals surface area contributed by atoms with Crippen molar-refractivity contribution < 1.29 is 9.59 Å². The molecule has 1 fully saturated rings. The summed E-state index contributed by atoms with van der Waals surface area (Å²) in [5.74, 6) is -0.295. The molecule has 0 radical (unpaired) electrons. The number of halogens is 1. The zero-order valence-electron chi connectivity index (χ0n) is 9.29. The van der Waals surface area contributed by atoms with E-state index in [-0.39, 0.29) is 5.91 Å². The second-order valence-corrected chi connectivity index (χ2v) is 4.60. The fraction of sp³-hybridized carbons (Fsp3) is 0.167. The molecule has 1 saturated heterocycles. The normalized spacial score (nSPS) is 19.1. The fourth-order valence-electron chi connectivity index (χ4n) is 2.17. The maximum absolute atomic E-state index is 11.5. The molecular weight excluding hydrogens is 254 g/mol. The first kappa shape index (κ1) is 11.1. The van der Waals surface area contributed by atoms with E-state index in [0.717, 1.165) is 16.5 Å². The number of rotatable bonds is 2. The molecule has 1 aliphatic rings. The van der Waals surface area contributed by atoms with Crippen molar-refractivity contribution in [2.24, 2.45) is 0 Å². The number of hydrogen-bond donors (Lipinski definition) is 3. The van der Waals surface area contributed by atoms with Crippen LogP contribution in [-0.2, 0) is 11.2 Å². The summed E-state index contributed by atoms with van der Waals surface area (Å²) < 4.78 is 0. The molecule has 1 atom stereocenters. The lowest BCUT2D eigenvalue weighted by Gasteiger charge is -2.05. The Morgan fingerprint density at radius 2 is 2.11 bits per heavy atom. The molecule has 3 rings (SSSR count). The van der Waals surface area contributed by atoms with Gasteiger partial charge in [-0.1, -0.05) is 23.7 Å². The number of aromatic amines is 1. The molecule has 92 valence electrons. The van der Waals surface area contributed by atoms with Crippen molar-refractivity contribution in [3.63, 3.8) is 0 Å². The molecule has 0 aliphatic carbocycles. The van der Waals surface area contributed by atoms with Crippen LogP contribution in [0.5, 0.6) is 0 Å². The number of hydrogen-bond acceptors (Lipinski definition) is 2. The van der Waals surface area contributed by atoms with Crippen LogP contribution < -0.4 is 10.6 Å². The summed E-state index contributed by atoms with van der Waals surface area (Å²) in [5.41, 5.74) is 1.80. The number of urea groups is 1. The van der Waals surface area contributed by atoms with E-state index in [1.807, 2.05) is 18.3 Å². The Morgan fingerprint density at radius 1 is 1.28 bits per heavy atom. The van der Waals surface area contributed by atoms with Gasteiger partial charge in [-0.05, 0) is 11.6 Å². The van der Waals surface area contributed by atoms with Gasteiger partial charge in [-0.3, -0.25) is 10.1 Å². The summed E-state index contributed by atoms with van der Waals surface area (Å²) in [6.45, 7) is 0. The van der Waals surface area contributed by atoms with Crippen LogP contribution in [0.1, 0.15) is 5.56 Å². The molecule has 5 nitrogen and oxygen atoms in total. The molecule has 3 amide bonds. The summed E-state index contributed by atoms with van der Waals surface area (Å²) in [4.78, 5) is 25.6. The molecule has 2 aromatic rings. The van der Waals surface area contributed by atoms with E-state index in [2.05, 4.69) is 15.6 Å². The average molecular weight is 264 g/mol. The van der Waals surface area contributed by atoms with E-state index in [4.69, 9.17) is 11.6 Å². The van der Waals surface area contributed by atoms with Gasteiger partial charge in [0.15, 0.2) is 0 Å². The first-order chi connectivity index (χ1) is 8.65. The molecule has 1 aromatic carbocycles. The Kier molecular flexibility index (Phi) is 2.48. The summed E-state index contributed by atoms with van der Waals surface area (Å²) in [6, 6.07) is 4.63. The minimum atomic E-state index is -0.518. The number of carbonyl (C=O) groups is 2. The van der Waals surface area contributed by atoms with E-state index < -0.39 is 12.1 Å². The second kappa shape index (κ2) is 4.03. The lowest BCUT2D eigenvalue weighted by molar-refractivity contribution is -0.120. The number of imide groups is 1. The van der Waals surface area contributed by atoms with E-state index in [1.165, 1.54) is 0 Å². The van der Waals surface area contributed by atoms with Gasteiger partial charge in [0.05, 0.1) is 10.5 Å². The Morgan fingerprint density at radius 3 is 2.83 bits per heavy atom. The minimum Gasteiger partial charge on any atom is -0.360 e. The van der Waals surface area contributed by atoms with Crippen LogP contribution >= 0.6 is 11.6 Å². The Hall–Kier alpha value is -2.01. The molecule has 0 bridgehead atoms. The fourth-order valence-corrected chi connectivity index (χ4v) is 2.40. The van der Waals surface area contributed by atoms with Crippen molar-refractivity contribution in [2.45, 2.75) is 12.5 Å². The summed E-state index contributed by atoms with van der Waals surface area (Å²) in [7, 11) is 0. The highest BCUT2D eigenvalue weighted by atomic mass is 35.5. The van der Waals surface area contributed by atoms with Gasteiger partial charge in [0.1, 0.15) is 6.04 Å². The van der Waals surface area contributed by atoms with E-state index in [1.54, 1.807) is 6.07 Å². The first-order valence-electron chi connectivity index (χ1n) is 5.51. The SMILES string of the molecule is O=C1NC(=O)[C@@H](Cc2c[nH]c3c(Cl)cccc23)N1. The van der Waals surface area contributed by atoms with Gasteiger partial charge in [-0.15, -0.1) is 0 Å². The van der Waals surface area contributed by atoms with Crippen molar-refractivity contribution in [3.05, 3.63) is 35.0 Å². The van der Waals surface area contributed by atoms with Crippen molar-refractivity contribution in [1.82, 2.24) is 15.6 Å². The molecule has 1 aromatic heterocycles. The topological polar surface area (TPSA) is 74.0 Å². The van der Waals surface area contributed by atoms with Crippen LogP contribution in [0.3, 0.4) is 0 Å². The molecule has 1 aliphatic heterocycles. The Labute approximate surface area is 108 Å². The number of amides is 3. The van der Waals surface area contributed by atoms with Crippen molar-refractivity contribution in [2.75, 3.05) is 0 Å². The number of nitrogens with one attached hydrogen (secondary N) is 3. The van der Waals surface area contributed by atoms with Crippen LogP contribution in [0.15, 0.2) is 24.4 Å². The average Bonchev–Trinajstić information content (AvgIpc) is 2.86. The zero-order chi connectivity index (χ0) is 12.7. The van der Waals surface area contributed by atoms with Crippen molar-refractivity contribution in [3.8, 4) is 0 Å². The summed E-state index contributed by atoms with van der Waals surface area (Å²) >= 11 is 6.06. The monoisotopic (exact) mass is 263 g/mol. The van der Waals surface area contributed by atoms with Crippen LogP contribution in [-0.4, -0.2) is 23.0 Å². The predicted octanol–water partition coefficient (Wildman–Crippen LogP) is 1.57. The zero-order valence-corrected chi connectivity index (χ0v) is 10.0. The summed E-state index contributed by atoms with van der Waals surface area (Å²) in [6.07, 6.45) is 2.26. The largest absolute Gasteiger partial charge is 0.360 e. The second-order valence-electron chi connectivity index (χ2n) is 4.20. The number of para-hydroxylation sites is 1. The lowest BCUT2D eigenvalue weighted by Crippen LogP contribution is -2.30. The van der Waals surface area contributed by atoms with Gasteiger partial charge >= 0.3 is 6.03 Å². The maximum atomic E-state index is 11.5. The van der Waals surface area contributed by atoms with Crippen LogP contribution in [0.25, 0.3) is 10.9 Å². The van der Waals surface area contributed by atoms with Gasteiger partial charge in [-0.25, -0.2) is 4.79 Å². The molecule has 6 heteroatoms. The van der Waals surface area contributed by atoms with Crippen LogP contribution in [0.4, 0.5) is 4.79 Å². The third-order valence-electron chi connectivity index (χ3n) is 3.03. The van der Waals surface area contributed by atoms with E-state index in [9.17, 15) is 9.59 Å². The number of benzene rings is 1. The quantitative estimate of drug-likeness (QED) is 0.720. The predicted molar refractivity (Wildman–Crippen MR) is 67.5 cm³/mol. The highest BCUT2D eigenvalue weighted by Gasteiger charge is 2.30. The third kappa shape index (κ3) is 1.73. The number of fused-ring (bicyclic) bond motifs is 1. The Bertz CT molecular complexity index is 650. The maximum Gasteiger partial charge on any atom is 0.322 e. The van der Waals surface area contributed by atoms with E-state index in [0.29, 0.717) is 11.4 Å². The molecule has 0 saturated carbocycles. The van der Waals surface area contributed by atoms with Gasteiger partial charge in [-0.2, -0.15) is 0 Å². The van der Waals surface area contributed by atoms with Gasteiger partial charge < -0.3 is 10.3 Å². The molecule has 2 heterocycles. The van der Waals surface area contributed by atoms with Gasteiger partial charge in [0, 0.05) is 18.0 Å². The lowest BCUT2D eigenvalue weighted by atomic mass is 10.1. The highest BCUT2D eigenvalue weighted by molar-refractivity contribution is 6.35. The highest BCUT2D eigenvalue weighted by Crippen LogP contribution is 2.26. The Balaban J connectivity index is 1.94. The molecule has 0 unspecified atom stereocenters. The summed E-state index contributed by atoms with van der Waals surface area (Å²) in [5, 5.41) is 6.39. The minimum absolute atomic E-state index is 0.295. The smallest absolute Gasteiger partial charge is 0.322 e. The number of carbonyl (C=O) groups excluding carboxylic acids is 2. The first-order valence-corrected chi connectivity index (χ1v) is 5.89. The third-order valence-corrected chi connectivity index (χ3v) is 3.35. The van der Waals surface area contributed by atoms with Crippen molar-refractivity contribution in [1.29, 1.82) is 0 Å². The number of aromatic nitrogens is 1. The van der Waals surface area contributed by atoms with Crippen LogP contribution in [0, 0.1) is 0 Å². The molecule has 3 N–H and O–H groups in total. The van der Waals surface area contributed by atoms with Gasteiger partial charge in [0.2, 0.25) is 0 Å². The number of H-pyrrole nitrogens is 1. The molecule has 0 spiro atoms. The van der Waals surface area contributed by atoms with Gasteiger partial charge in [0.25, 0.3) is 5.91 Å².